The lowest BCUT2D eigenvalue weighted by Gasteiger charge is -2.35. The van der Waals surface area contributed by atoms with Crippen LogP contribution in [0.3, 0.4) is 0 Å². The smallest absolute Gasteiger partial charge is 0.225 e. The maximum Gasteiger partial charge on any atom is 0.225 e. The highest BCUT2D eigenvalue weighted by atomic mass is 16.4. The fourth-order valence-electron chi connectivity index (χ4n) is 4.44. The standard InChI is InChI=1S/C21H35N3O2/c1-4-5-6-16-7-9-18(10-8-16)21(25)24-13-11-17(12-14-24)20-23-22-19(26-20)15(2)3/h15-18H,4-14H2,1-3H3. The molecule has 2 fully saturated rings. The second-order valence-corrected chi connectivity index (χ2v) is 8.59. The maximum atomic E-state index is 12.9. The quantitative estimate of drug-likeness (QED) is 0.723. The van der Waals surface area contributed by atoms with E-state index in [2.05, 4.69) is 35.9 Å². The van der Waals surface area contributed by atoms with E-state index in [9.17, 15) is 4.79 Å². The van der Waals surface area contributed by atoms with E-state index in [0.29, 0.717) is 11.8 Å². The molecule has 5 heteroatoms. The van der Waals surface area contributed by atoms with Crippen molar-refractivity contribution >= 4 is 5.91 Å². The number of amides is 1. The second-order valence-electron chi connectivity index (χ2n) is 8.59. The van der Waals surface area contributed by atoms with Crippen LogP contribution in [0.5, 0.6) is 0 Å². The van der Waals surface area contributed by atoms with Crippen molar-refractivity contribution in [2.45, 2.75) is 90.4 Å². The molecule has 0 N–H and O–H groups in total. The Hall–Kier alpha value is -1.39. The molecular formula is C21H35N3O2. The molecule has 1 aromatic heterocycles. The summed E-state index contributed by atoms with van der Waals surface area (Å²) in [5.74, 6) is 3.58. The summed E-state index contributed by atoms with van der Waals surface area (Å²) in [5.41, 5.74) is 0. The van der Waals surface area contributed by atoms with Crippen molar-refractivity contribution in [3.63, 3.8) is 0 Å². The molecule has 0 atom stereocenters. The molecule has 0 aromatic carbocycles. The largest absolute Gasteiger partial charge is 0.425 e. The molecule has 1 amide bonds. The number of nitrogens with zero attached hydrogens (tertiary/aromatic N) is 3. The van der Waals surface area contributed by atoms with Gasteiger partial charge in [-0.3, -0.25) is 4.79 Å². The van der Waals surface area contributed by atoms with Crippen molar-refractivity contribution in [3.8, 4) is 0 Å². The van der Waals surface area contributed by atoms with Crippen LogP contribution < -0.4 is 0 Å². The average molecular weight is 362 g/mol. The van der Waals surface area contributed by atoms with Crippen molar-refractivity contribution in [2.75, 3.05) is 13.1 Å². The molecular weight excluding hydrogens is 326 g/mol. The van der Waals surface area contributed by atoms with E-state index in [0.717, 1.165) is 56.5 Å². The predicted molar refractivity (Wildman–Crippen MR) is 102 cm³/mol. The molecule has 2 heterocycles. The number of unbranched alkanes of at least 4 members (excludes halogenated alkanes) is 1. The first-order valence-electron chi connectivity index (χ1n) is 10.7. The van der Waals surface area contributed by atoms with Crippen LogP contribution in [-0.4, -0.2) is 34.1 Å². The van der Waals surface area contributed by atoms with Gasteiger partial charge in [0.25, 0.3) is 0 Å². The minimum absolute atomic E-state index is 0.264. The fraction of sp³-hybridized carbons (Fsp3) is 0.857. The number of aromatic nitrogens is 2. The molecule has 1 aliphatic heterocycles. The third kappa shape index (κ3) is 4.66. The topological polar surface area (TPSA) is 59.2 Å². The minimum Gasteiger partial charge on any atom is -0.425 e. The molecule has 0 spiro atoms. The van der Waals surface area contributed by atoms with Gasteiger partial charge in [-0.25, -0.2) is 0 Å². The number of carbonyl (C=O) groups excluding carboxylic acids is 1. The number of likely N-dealkylation sites (tertiary alicyclic amines) is 1. The van der Waals surface area contributed by atoms with Gasteiger partial charge in [0.15, 0.2) is 0 Å². The lowest BCUT2D eigenvalue weighted by molar-refractivity contribution is -0.138. The normalized spacial score (nSPS) is 25.0. The molecule has 0 unspecified atom stereocenters. The number of hydrogen-bond donors (Lipinski definition) is 0. The molecule has 1 aliphatic carbocycles. The highest BCUT2D eigenvalue weighted by Gasteiger charge is 2.32. The van der Waals surface area contributed by atoms with E-state index < -0.39 is 0 Å². The van der Waals surface area contributed by atoms with Gasteiger partial charge in [0.05, 0.1) is 0 Å². The van der Waals surface area contributed by atoms with Gasteiger partial charge in [-0.2, -0.15) is 0 Å². The molecule has 1 saturated heterocycles. The first kappa shape index (κ1) is 19.4. The monoisotopic (exact) mass is 361 g/mol. The minimum atomic E-state index is 0.264. The molecule has 3 rings (SSSR count). The fourth-order valence-corrected chi connectivity index (χ4v) is 4.44. The van der Waals surface area contributed by atoms with E-state index in [1.807, 2.05) is 0 Å². The molecule has 1 aromatic rings. The predicted octanol–water partition coefficient (Wildman–Crippen LogP) is 4.90. The van der Waals surface area contributed by atoms with Crippen molar-refractivity contribution in [3.05, 3.63) is 11.8 Å². The Bertz CT molecular complexity index is 568. The van der Waals surface area contributed by atoms with Crippen molar-refractivity contribution in [1.29, 1.82) is 0 Å². The Morgan fingerprint density at radius 3 is 2.38 bits per heavy atom. The van der Waals surface area contributed by atoms with Crippen LogP contribution in [0.1, 0.15) is 102 Å². The first-order valence-corrected chi connectivity index (χ1v) is 10.7. The molecule has 1 saturated carbocycles. The van der Waals surface area contributed by atoms with Gasteiger partial charge in [0.2, 0.25) is 17.7 Å². The summed E-state index contributed by atoms with van der Waals surface area (Å²) in [6.07, 6.45) is 10.5. The third-order valence-corrected chi connectivity index (χ3v) is 6.27. The number of carbonyl (C=O) groups is 1. The molecule has 0 radical (unpaired) electrons. The van der Waals surface area contributed by atoms with Crippen LogP contribution in [-0.2, 0) is 4.79 Å². The first-order chi connectivity index (χ1) is 12.6. The number of piperidine rings is 1. The van der Waals surface area contributed by atoms with Gasteiger partial charge < -0.3 is 9.32 Å². The lowest BCUT2D eigenvalue weighted by atomic mass is 9.79. The summed E-state index contributed by atoms with van der Waals surface area (Å²) in [7, 11) is 0. The van der Waals surface area contributed by atoms with Crippen LogP contribution in [0.15, 0.2) is 4.42 Å². The van der Waals surface area contributed by atoms with Crippen LogP contribution in [0.2, 0.25) is 0 Å². The van der Waals surface area contributed by atoms with Gasteiger partial charge >= 0.3 is 0 Å². The third-order valence-electron chi connectivity index (χ3n) is 6.27. The average Bonchev–Trinajstić information content (AvgIpc) is 3.17. The van der Waals surface area contributed by atoms with E-state index in [1.165, 1.54) is 32.1 Å². The Labute approximate surface area is 157 Å². The van der Waals surface area contributed by atoms with Gasteiger partial charge in [0, 0.05) is 30.8 Å². The molecule has 5 nitrogen and oxygen atoms in total. The second kappa shape index (κ2) is 9.01. The SMILES string of the molecule is CCCCC1CCC(C(=O)N2CCC(c3nnc(C(C)C)o3)CC2)CC1. The van der Waals surface area contributed by atoms with E-state index >= 15 is 0 Å². The molecule has 146 valence electrons. The maximum absolute atomic E-state index is 12.9. The Morgan fingerprint density at radius 2 is 1.81 bits per heavy atom. The number of hydrogen-bond acceptors (Lipinski definition) is 4. The van der Waals surface area contributed by atoms with E-state index in [-0.39, 0.29) is 11.8 Å². The Balaban J connectivity index is 1.45. The highest BCUT2D eigenvalue weighted by Crippen LogP contribution is 2.34. The van der Waals surface area contributed by atoms with Crippen molar-refractivity contribution in [2.24, 2.45) is 11.8 Å². The molecule has 26 heavy (non-hydrogen) atoms. The van der Waals surface area contributed by atoms with E-state index in [1.54, 1.807) is 0 Å². The van der Waals surface area contributed by atoms with Crippen LogP contribution >= 0.6 is 0 Å². The summed E-state index contributed by atoms with van der Waals surface area (Å²) < 4.78 is 5.81. The highest BCUT2D eigenvalue weighted by molar-refractivity contribution is 5.79. The molecule has 0 bridgehead atoms. The van der Waals surface area contributed by atoms with Crippen LogP contribution in [0.25, 0.3) is 0 Å². The zero-order valence-corrected chi connectivity index (χ0v) is 16.7. The summed E-state index contributed by atoms with van der Waals surface area (Å²) in [4.78, 5) is 15.0. The Morgan fingerprint density at radius 1 is 1.12 bits per heavy atom. The summed E-state index contributed by atoms with van der Waals surface area (Å²) in [6, 6.07) is 0. The van der Waals surface area contributed by atoms with Crippen LogP contribution in [0, 0.1) is 11.8 Å². The summed E-state index contributed by atoms with van der Waals surface area (Å²) >= 11 is 0. The van der Waals surface area contributed by atoms with E-state index in [4.69, 9.17) is 4.42 Å². The zero-order valence-electron chi connectivity index (χ0n) is 16.7. The lowest BCUT2D eigenvalue weighted by Crippen LogP contribution is -2.42. The van der Waals surface area contributed by atoms with Crippen LogP contribution in [0.4, 0.5) is 0 Å². The Kier molecular flexibility index (Phi) is 6.71. The van der Waals surface area contributed by atoms with Gasteiger partial charge in [-0.15, -0.1) is 10.2 Å². The zero-order chi connectivity index (χ0) is 18.5. The summed E-state index contributed by atoms with van der Waals surface area (Å²) in [5, 5.41) is 8.38. The van der Waals surface area contributed by atoms with Crippen molar-refractivity contribution in [1.82, 2.24) is 15.1 Å². The molecule has 2 aliphatic rings. The van der Waals surface area contributed by atoms with Crippen molar-refractivity contribution < 1.29 is 9.21 Å². The number of rotatable bonds is 6. The van der Waals surface area contributed by atoms with Gasteiger partial charge in [-0.05, 0) is 44.4 Å². The summed E-state index contributed by atoms with van der Waals surface area (Å²) in [6.45, 7) is 8.05. The van der Waals surface area contributed by atoms with Gasteiger partial charge in [-0.1, -0.05) is 40.0 Å². The van der Waals surface area contributed by atoms with Gasteiger partial charge in [0.1, 0.15) is 0 Å².